The van der Waals surface area contributed by atoms with E-state index in [9.17, 15) is 10.1 Å². The maximum Gasteiger partial charge on any atom is 0.292 e. The van der Waals surface area contributed by atoms with Gasteiger partial charge in [0.05, 0.1) is 17.6 Å². The zero-order chi connectivity index (χ0) is 14.5. The number of likely N-dealkylation sites (N-methyl/N-ethyl adjacent to an activating group) is 1. The first kappa shape index (κ1) is 14.7. The van der Waals surface area contributed by atoms with E-state index in [0.29, 0.717) is 12.2 Å². The maximum absolute atomic E-state index is 11.0. The topological polar surface area (TPSA) is 67.6 Å². The average Bonchev–Trinajstić information content (AvgIpc) is 2.45. The van der Waals surface area contributed by atoms with Crippen LogP contribution in [0.3, 0.4) is 0 Å². The highest BCUT2D eigenvalue weighted by Crippen LogP contribution is 2.27. The second-order valence-corrected chi connectivity index (χ2v) is 4.99. The van der Waals surface area contributed by atoms with Crippen LogP contribution in [0.1, 0.15) is 12.5 Å². The van der Waals surface area contributed by atoms with Crippen LogP contribution >= 0.6 is 0 Å². The number of hydrogen-bond acceptors (Lipinski definition) is 5. The lowest BCUT2D eigenvalue weighted by atomic mass is 10.1. The van der Waals surface area contributed by atoms with Gasteiger partial charge in [0.15, 0.2) is 0 Å². The van der Waals surface area contributed by atoms with Gasteiger partial charge in [0, 0.05) is 25.7 Å². The summed E-state index contributed by atoms with van der Waals surface area (Å²) in [4.78, 5) is 13.0. The lowest BCUT2D eigenvalue weighted by Gasteiger charge is -2.32. The SMILES string of the molecule is CCN1CCOC(CNc2c(C)cccc2[N+](=O)[O-])C1. The predicted molar refractivity (Wildman–Crippen MR) is 78.2 cm³/mol. The Hall–Kier alpha value is -1.66. The molecular weight excluding hydrogens is 258 g/mol. The molecule has 1 aromatic carbocycles. The summed E-state index contributed by atoms with van der Waals surface area (Å²) in [6.45, 7) is 8.13. The van der Waals surface area contributed by atoms with Crippen LogP contribution in [-0.4, -0.2) is 48.7 Å². The third-order valence-corrected chi connectivity index (χ3v) is 3.62. The molecule has 1 unspecified atom stereocenters. The first-order valence-electron chi connectivity index (χ1n) is 6.93. The fourth-order valence-electron chi connectivity index (χ4n) is 2.44. The van der Waals surface area contributed by atoms with Crippen molar-refractivity contribution >= 4 is 11.4 Å². The zero-order valence-electron chi connectivity index (χ0n) is 12.0. The van der Waals surface area contributed by atoms with Gasteiger partial charge in [-0.3, -0.25) is 15.0 Å². The van der Waals surface area contributed by atoms with Crippen LogP contribution in [0.5, 0.6) is 0 Å². The monoisotopic (exact) mass is 279 g/mol. The second kappa shape index (κ2) is 6.67. The van der Waals surface area contributed by atoms with E-state index in [2.05, 4.69) is 17.1 Å². The van der Waals surface area contributed by atoms with E-state index in [-0.39, 0.29) is 16.7 Å². The molecule has 0 aromatic heterocycles. The molecule has 1 fully saturated rings. The number of benzene rings is 1. The van der Waals surface area contributed by atoms with Crippen molar-refractivity contribution in [3.8, 4) is 0 Å². The molecular formula is C14H21N3O3. The Morgan fingerprint density at radius 3 is 3.05 bits per heavy atom. The van der Waals surface area contributed by atoms with Crippen molar-refractivity contribution in [3.63, 3.8) is 0 Å². The minimum atomic E-state index is -0.352. The third-order valence-electron chi connectivity index (χ3n) is 3.62. The van der Waals surface area contributed by atoms with Crippen molar-refractivity contribution in [3.05, 3.63) is 33.9 Å². The van der Waals surface area contributed by atoms with Crippen molar-refractivity contribution in [1.29, 1.82) is 0 Å². The number of morpholine rings is 1. The lowest BCUT2D eigenvalue weighted by Crippen LogP contribution is -2.45. The van der Waals surface area contributed by atoms with E-state index in [1.54, 1.807) is 6.07 Å². The molecule has 0 aliphatic carbocycles. The molecule has 0 bridgehead atoms. The van der Waals surface area contributed by atoms with Gasteiger partial charge in [-0.1, -0.05) is 19.1 Å². The summed E-state index contributed by atoms with van der Waals surface area (Å²) in [6, 6.07) is 5.10. The molecule has 1 N–H and O–H groups in total. The number of para-hydroxylation sites is 1. The van der Waals surface area contributed by atoms with Crippen molar-refractivity contribution < 1.29 is 9.66 Å². The number of rotatable bonds is 5. The fraction of sp³-hybridized carbons (Fsp3) is 0.571. The first-order valence-corrected chi connectivity index (χ1v) is 6.93. The summed E-state index contributed by atoms with van der Waals surface area (Å²) < 4.78 is 5.70. The Labute approximate surface area is 118 Å². The molecule has 6 heteroatoms. The molecule has 1 aliphatic heterocycles. The van der Waals surface area contributed by atoms with Gasteiger partial charge in [-0.05, 0) is 19.0 Å². The smallest absolute Gasteiger partial charge is 0.292 e. The van der Waals surface area contributed by atoms with E-state index < -0.39 is 0 Å². The number of nitro groups is 1. The highest BCUT2D eigenvalue weighted by atomic mass is 16.6. The van der Waals surface area contributed by atoms with Crippen molar-refractivity contribution in [2.24, 2.45) is 0 Å². The van der Waals surface area contributed by atoms with Gasteiger partial charge in [0.2, 0.25) is 0 Å². The van der Waals surface area contributed by atoms with Gasteiger partial charge >= 0.3 is 0 Å². The molecule has 1 saturated heterocycles. The van der Waals surface area contributed by atoms with Crippen molar-refractivity contribution in [1.82, 2.24) is 4.90 Å². The number of anilines is 1. The van der Waals surface area contributed by atoms with E-state index >= 15 is 0 Å². The fourth-order valence-corrected chi connectivity index (χ4v) is 2.44. The van der Waals surface area contributed by atoms with E-state index in [4.69, 9.17) is 4.74 Å². The molecule has 110 valence electrons. The number of aryl methyl sites for hydroxylation is 1. The summed E-state index contributed by atoms with van der Waals surface area (Å²) in [6.07, 6.45) is 0.0721. The minimum absolute atomic E-state index is 0.0721. The molecule has 0 spiro atoms. The maximum atomic E-state index is 11.0. The molecule has 1 atom stereocenters. The molecule has 0 amide bonds. The predicted octanol–water partition coefficient (Wildman–Crippen LogP) is 2.04. The van der Waals surface area contributed by atoms with Crippen LogP contribution in [0, 0.1) is 17.0 Å². The number of hydrogen-bond donors (Lipinski definition) is 1. The summed E-state index contributed by atoms with van der Waals surface area (Å²) in [7, 11) is 0. The first-order chi connectivity index (χ1) is 9.61. The molecule has 1 aliphatic rings. The summed E-state index contributed by atoms with van der Waals surface area (Å²) >= 11 is 0. The van der Waals surface area contributed by atoms with Crippen LogP contribution in [0.4, 0.5) is 11.4 Å². The van der Waals surface area contributed by atoms with Crippen LogP contribution in [0.25, 0.3) is 0 Å². The van der Waals surface area contributed by atoms with Crippen molar-refractivity contribution in [2.45, 2.75) is 20.0 Å². The Balaban J connectivity index is 2.02. The largest absolute Gasteiger partial charge is 0.377 e. The standard InChI is InChI=1S/C14H21N3O3/c1-3-16-7-8-20-12(10-16)9-15-14-11(2)5-4-6-13(14)17(18)19/h4-6,12,15H,3,7-10H2,1-2H3. The van der Waals surface area contributed by atoms with Gasteiger partial charge in [0.25, 0.3) is 5.69 Å². The second-order valence-electron chi connectivity index (χ2n) is 4.99. The highest BCUT2D eigenvalue weighted by molar-refractivity contribution is 5.65. The molecule has 0 radical (unpaired) electrons. The summed E-state index contributed by atoms with van der Waals surface area (Å²) in [5.74, 6) is 0. The van der Waals surface area contributed by atoms with Gasteiger partial charge in [0.1, 0.15) is 5.69 Å². The minimum Gasteiger partial charge on any atom is -0.377 e. The third kappa shape index (κ3) is 3.46. The Kier molecular flexibility index (Phi) is 4.92. The Morgan fingerprint density at radius 1 is 1.55 bits per heavy atom. The zero-order valence-corrected chi connectivity index (χ0v) is 12.0. The Bertz CT molecular complexity index is 479. The number of nitrogens with zero attached hydrogens (tertiary/aromatic N) is 2. The molecule has 20 heavy (non-hydrogen) atoms. The van der Waals surface area contributed by atoms with Gasteiger partial charge < -0.3 is 10.1 Å². The molecule has 0 saturated carbocycles. The van der Waals surface area contributed by atoms with Gasteiger partial charge in [-0.2, -0.15) is 0 Å². The van der Waals surface area contributed by atoms with Crippen LogP contribution in [0.2, 0.25) is 0 Å². The molecule has 6 nitrogen and oxygen atoms in total. The quantitative estimate of drug-likeness (QED) is 0.660. The van der Waals surface area contributed by atoms with Gasteiger partial charge in [-0.15, -0.1) is 0 Å². The van der Waals surface area contributed by atoms with Crippen molar-refractivity contribution in [2.75, 3.05) is 38.1 Å². The molecule has 1 heterocycles. The highest BCUT2D eigenvalue weighted by Gasteiger charge is 2.21. The van der Waals surface area contributed by atoms with E-state index in [0.717, 1.165) is 31.8 Å². The summed E-state index contributed by atoms with van der Waals surface area (Å²) in [5, 5.41) is 14.2. The lowest BCUT2D eigenvalue weighted by molar-refractivity contribution is -0.384. The number of ether oxygens (including phenoxy) is 1. The Morgan fingerprint density at radius 2 is 2.35 bits per heavy atom. The van der Waals surface area contributed by atoms with E-state index in [1.165, 1.54) is 6.07 Å². The van der Waals surface area contributed by atoms with Crippen LogP contribution < -0.4 is 5.32 Å². The molecule has 2 rings (SSSR count). The van der Waals surface area contributed by atoms with E-state index in [1.807, 2.05) is 13.0 Å². The van der Waals surface area contributed by atoms with Crippen LogP contribution in [0.15, 0.2) is 18.2 Å². The molecule has 1 aromatic rings. The normalized spacial score (nSPS) is 19.8. The van der Waals surface area contributed by atoms with Gasteiger partial charge in [-0.25, -0.2) is 0 Å². The average molecular weight is 279 g/mol. The van der Waals surface area contributed by atoms with Crippen LogP contribution in [-0.2, 0) is 4.74 Å². The number of nitro benzene ring substituents is 1. The summed E-state index contributed by atoms with van der Waals surface area (Å²) in [5.41, 5.74) is 1.59. The number of nitrogens with one attached hydrogen (secondary N) is 1.